The zero-order chi connectivity index (χ0) is 19.2. The normalized spacial score (nSPS) is 22.6. The van der Waals surface area contributed by atoms with Crippen LogP contribution in [-0.2, 0) is 5.60 Å². The molecular weight excluding hydrogens is 380 g/mol. The Balaban J connectivity index is 1.98. The van der Waals surface area contributed by atoms with Gasteiger partial charge in [-0.1, -0.05) is 42.7 Å². The van der Waals surface area contributed by atoms with E-state index in [1.807, 2.05) is 44.2 Å². The highest BCUT2D eigenvalue weighted by Gasteiger charge is 2.52. The molecule has 0 amide bonds. The highest BCUT2D eigenvalue weighted by Crippen LogP contribution is 2.55. The van der Waals surface area contributed by atoms with Crippen molar-refractivity contribution in [2.45, 2.75) is 25.9 Å². The van der Waals surface area contributed by atoms with Crippen LogP contribution in [0.15, 0.2) is 60.0 Å². The number of halogens is 1. The van der Waals surface area contributed by atoms with Gasteiger partial charge in [0.05, 0.1) is 10.6 Å². The van der Waals surface area contributed by atoms with Crippen LogP contribution in [0, 0.1) is 5.41 Å². The lowest BCUT2D eigenvalue weighted by Gasteiger charge is -2.46. The number of aliphatic hydroxyl groups is 1. The molecule has 2 N–H and O–H groups in total. The highest BCUT2D eigenvalue weighted by molar-refractivity contribution is 7.17. The Kier molecular flexibility index (Phi) is 4.34. The molecule has 138 valence electrons. The average molecular weight is 399 g/mol. The Hall–Kier alpha value is -2.21. The molecule has 2 aromatic heterocycles. The number of hydrogen-bond donors (Lipinski definition) is 2. The van der Waals surface area contributed by atoms with Gasteiger partial charge in [0.2, 0.25) is 0 Å². The summed E-state index contributed by atoms with van der Waals surface area (Å²) in [7, 11) is 0. The number of thiophene rings is 1. The second-order valence-corrected chi connectivity index (χ2v) is 8.90. The summed E-state index contributed by atoms with van der Waals surface area (Å²) in [5, 5.41) is 25.8. The molecule has 0 saturated heterocycles. The Morgan fingerprint density at radius 1 is 1.11 bits per heavy atom. The summed E-state index contributed by atoms with van der Waals surface area (Å²) in [4.78, 5) is 5.87. The minimum absolute atomic E-state index is 0.450. The van der Waals surface area contributed by atoms with Crippen LogP contribution in [0.2, 0.25) is 5.02 Å². The van der Waals surface area contributed by atoms with E-state index in [2.05, 4.69) is 10.1 Å². The molecule has 0 spiro atoms. The first-order valence-electron chi connectivity index (χ1n) is 8.61. The Labute approximate surface area is 166 Å². The van der Waals surface area contributed by atoms with E-state index in [1.165, 1.54) is 11.3 Å². The molecule has 0 bridgehead atoms. The smallest absolute Gasteiger partial charge is 0.122 e. The number of hydrogen-bond acceptors (Lipinski definition) is 5. The predicted molar refractivity (Wildman–Crippen MR) is 109 cm³/mol. The van der Waals surface area contributed by atoms with E-state index >= 15 is 0 Å². The first-order valence-corrected chi connectivity index (χ1v) is 9.81. The molecule has 27 heavy (non-hydrogen) atoms. The summed E-state index contributed by atoms with van der Waals surface area (Å²) in [5.74, 6) is 0. The summed E-state index contributed by atoms with van der Waals surface area (Å²) in [6.45, 7) is 3.97. The summed E-state index contributed by atoms with van der Waals surface area (Å²) in [5.41, 5.74) is 1.33. The number of rotatable bonds is 2. The average Bonchev–Trinajstić information content (AvgIpc) is 3.12. The third-order valence-corrected chi connectivity index (χ3v) is 6.81. The van der Waals surface area contributed by atoms with E-state index in [0.717, 1.165) is 26.4 Å². The molecule has 1 aromatic carbocycles. The highest BCUT2D eigenvalue weighted by atomic mass is 35.5. The molecule has 1 atom stereocenters. The van der Waals surface area contributed by atoms with Gasteiger partial charge >= 0.3 is 0 Å². The van der Waals surface area contributed by atoms with E-state index in [9.17, 15) is 10.3 Å². The molecule has 0 aliphatic heterocycles. The molecule has 1 unspecified atom stereocenters. The van der Waals surface area contributed by atoms with Gasteiger partial charge in [0.1, 0.15) is 5.60 Å². The number of oxime groups is 1. The molecular formula is C21H19ClN2O2S. The van der Waals surface area contributed by atoms with Gasteiger partial charge in [-0.3, -0.25) is 4.98 Å². The molecule has 2 heterocycles. The lowest BCUT2D eigenvalue weighted by Crippen LogP contribution is -2.48. The Morgan fingerprint density at radius 3 is 2.41 bits per heavy atom. The van der Waals surface area contributed by atoms with Gasteiger partial charge in [0, 0.05) is 39.7 Å². The van der Waals surface area contributed by atoms with Crippen molar-refractivity contribution in [1.29, 1.82) is 0 Å². The molecule has 4 nitrogen and oxygen atoms in total. The van der Waals surface area contributed by atoms with Crippen molar-refractivity contribution in [3.05, 3.63) is 75.9 Å². The van der Waals surface area contributed by atoms with Crippen molar-refractivity contribution in [1.82, 2.24) is 4.98 Å². The predicted octanol–water partition coefficient (Wildman–Crippen LogP) is 5.31. The lowest BCUT2D eigenvalue weighted by molar-refractivity contribution is -0.0360. The van der Waals surface area contributed by atoms with E-state index in [4.69, 9.17) is 11.6 Å². The molecule has 6 heteroatoms. The van der Waals surface area contributed by atoms with Gasteiger partial charge in [0.15, 0.2) is 0 Å². The van der Waals surface area contributed by atoms with Crippen LogP contribution in [0.4, 0.5) is 0 Å². The number of nitrogens with zero attached hydrogens (tertiary/aromatic N) is 2. The van der Waals surface area contributed by atoms with Gasteiger partial charge in [-0.15, -0.1) is 11.3 Å². The molecule has 0 radical (unpaired) electrons. The third-order valence-electron chi connectivity index (χ3n) is 5.32. The fraction of sp³-hybridized carbons (Fsp3) is 0.238. The molecule has 1 aliphatic carbocycles. The minimum Gasteiger partial charge on any atom is -0.411 e. The number of fused-ring (bicyclic) bond motifs is 1. The van der Waals surface area contributed by atoms with Crippen LogP contribution in [0.5, 0.6) is 0 Å². The molecule has 4 rings (SSSR count). The standard InChI is InChI=1S/C21H19ClN2O2S/c1-20(2)12-17(24-26)19-16(11-18(27-19)13-7-9-23-10-8-13)21(20,25)14-3-5-15(22)6-4-14/h3-11,25-26H,12H2,1-2H3/b24-17+. The fourth-order valence-corrected chi connectivity index (χ4v) is 5.17. The van der Waals surface area contributed by atoms with Gasteiger partial charge in [0.25, 0.3) is 0 Å². The van der Waals surface area contributed by atoms with Gasteiger partial charge in [-0.2, -0.15) is 0 Å². The van der Waals surface area contributed by atoms with Crippen LogP contribution < -0.4 is 0 Å². The van der Waals surface area contributed by atoms with Crippen LogP contribution in [-0.4, -0.2) is 21.0 Å². The van der Waals surface area contributed by atoms with Crippen molar-refractivity contribution in [3.8, 4) is 10.4 Å². The first kappa shape index (κ1) is 18.2. The second-order valence-electron chi connectivity index (χ2n) is 7.41. The molecule has 1 aliphatic rings. The summed E-state index contributed by atoms with van der Waals surface area (Å²) < 4.78 is 0. The SMILES string of the molecule is CC1(C)C/C(=N\O)c2sc(-c3ccncc3)cc2C1(O)c1ccc(Cl)cc1. The number of aromatic nitrogens is 1. The summed E-state index contributed by atoms with van der Waals surface area (Å²) >= 11 is 7.58. The lowest BCUT2D eigenvalue weighted by atomic mass is 9.61. The first-order chi connectivity index (χ1) is 12.9. The van der Waals surface area contributed by atoms with Crippen LogP contribution in [0.3, 0.4) is 0 Å². The second kappa shape index (κ2) is 6.44. The summed E-state index contributed by atoms with van der Waals surface area (Å²) in [6.07, 6.45) is 3.93. The molecule has 0 saturated carbocycles. The van der Waals surface area contributed by atoms with E-state index in [-0.39, 0.29) is 0 Å². The Bertz CT molecular complexity index is 1010. The van der Waals surface area contributed by atoms with Gasteiger partial charge in [-0.05, 0) is 41.5 Å². The molecule has 3 aromatic rings. The molecule has 0 fully saturated rings. The van der Waals surface area contributed by atoms with E-state index in [1.54, 1.807) is 24.5 Å². The topological polar surface area (TPSA) is 65.7 Å². The maximum atomic E-state index is 12.0. The van der Waals surface area contributed by atoms with Crippen LogP contribution in [0.25, 0.3) is 10.4 Å². The van der Waals surface area contributed by atoms with Crippen molar-refractivity contribution >= 4 is 28.6 Å². The van der Waals surface area contributed by atoms with Crippen LogP contribution >= 0.6 is 22.9 Å². The third kappa shape index (κ3) is 2.78. The van der Waals surface area contributed by atoms with E-state index in [0.29, 0.717) is 17.2 Å². The quantitative estimate of drug-likeness (QED) is 0.454. The maximum Gasteiger partial charge on any atom is 0.122 e. The number of pyridine rings is 1. The van der Waals surface area contributed by atoms with Crippen molar-refractivity contribution in [2.75, 3.05) is 0 Å². The number of benzene rings is 1. The van der Waals surface area contributed by atoms with Crippen LogP contribution in [0.1, 0.15) is 36.3 Å². The minimum atomic E-state index is -1.23. The van der Waals surface area contributed by atoms with Crippen molar-refractivity contribution in [2.24, 2.45) is 10.6 Å². The zero-order valence-corrected chi connectivity index (χ0v) is 16.6. The van der Waals surface area contributed by atoms with Crippen molar-refractivity contribution < 1.29 is 10.3 Å². The monoisotopic (exact) mass is 398 g/mol. The van der Waals surface area contributed by atoms with E-state index < -0.39 is 11.0 Å². The zero-order valence-electron chi connectivity index (χ0n) is 15.0. The van der Waals surface area contributed by atoms with Gasteiger partial charge in [-0.25, -0.2) is 0 Å². The maximum absolute atomic E-state index is 12.0. The summed E-state index contributed by atoms with van der Waals surface area (Å²) in [6, 6.07) is 13.2. The fourth-order valence-electron chi connectivity index (χ4n) is 3.84. The largest absolute Gasteiger partial charge is 0.411 e. The van der Waals surface area contributed by atoms with Crippen molar-refractivity contribution in [3.63, 3.8) is 0 Å². The van der Waals surface area contributed by atoms with Gasteiger partial charge < -0.3 is 10.3 Å². The Morgan fingerprint density at radius 2 is 1.78 bits per heavy atom.